The molecule has 3 nitrogen and oxygen atoms in total. The molecule has 0 bridgehead atoms. The first kappa shape index (κ1) is 9.09. The molecule has 0 saturated heterocycles. The Labute approximate surface area is 93.4 Å². The first-order valence-corrected chi connectivity index (χ1v) is 5.21. The van der Waals surface area contributed by atoms with Gasteiger partial charge in [0.1, 0.15) is 0 Å². The monoisotopic (exact) mass is 209 g/mol. The molecular formula is C13H11N3. The molecule has 0 aliphatic rings. The van der Waals surface area contributed by atoms with Gasteiger partial charge in [0.05, 0.1) is 11.9 Å². The number of benzene rings is 1. The molecule has 3 rings (SSSR count). The number of aryl methyl sites for hydroxylation is 1. The highest BCUT2D eigenvalue weighted by Gasteiger charge is 2.06. The minimum absolute atomic E-state index is 0.876. The average molecular weight is 209 g/mol. The number of aromatic nitrogens is 3. The normalized spacial score (nSPS) is 10.8. The van der Waals surface area contributed by atoms with Gasteiger partial charge in [-0.1, -0.05) is 24.3 Å². The van der Waals surface area contributed by atoms with Crippen LogP contribution in [0.5, 0.6) is 0 Å². The van der Waals surface area contributed by atoms with E-state index < -0.39 is 0 Å². The van der Waals surface area contributed by atoms with Gasteiger partial charge >= 0.3 is 0 Å². The van der Waals surface area contributed by atoms with E-state index in [1.165, 1.54) is 11.1 Å². The van der Waals surface area contributed by atoms with Gasteiger partial charge in [0.15, 0.2) is 5.65 Å². The maximum Gasteiger partial charge on any atom is 0.155 e. The van der Waals surface area contributed by atoms with Gasteiger partial charge in [-0.15, -0.1) is 0 Å². The molecule has 0 N–H and O–H groups in total. The summed E-state index contributed by atoms with van der Waals surface area (Å²) in [5.74, 6) is 0. The van der Waals surface area contributed by atoms with Crippen LogP contribution in [-0.4, -0.2) is 14.6 Å². The van der Waals surface area contributed by atoms with Crippen molar-refractivity contribution in [2.24, 2.45) is 0 Å². The minimum Gasteiger partial charge on any atom is -0.237 e. The topological polar surface area (TPSA) is 30.2 Å². The lowest BCUT2D eigenvalue weighted by molar-refractivity contribution is 0.946. The molecule has 0 saturated carbocycles. The minimum atomic E-state index is 0.876. The first-order valence-electron chi connectivity index (χ1n) is 5.21. The van der Waals surface area contributed by atoms with Crippen LogP contribution in [0, 0.1) is 6.92 Å². The molecule has 0 fully saturated rings. The molecule has 0 radical (unpaired) electrons. The molecule has 3 aromatic rings. The van der Waals surface area contributed by atoms with Gasteiger partial charge in [0.25, 0.3) is 0 Å². The van der Waals surface area contributed by atoms with E-state index in [-0.39, 0.29) is 0 Å². The van der Waals surface area contributed by atoms with Crippen LogP contribution in [0.2, 0.25) is 0 Å². The zero-order chi connectivity index (χ0) is 11.0. The van der Waals surface area contributed by atoms with Crippen molar-refractivity contribution in [3.63, 3.8) is 0 Å². The molecule has 2 heterocycles. The van der Waals surface area contributed by atoms with E-state index in [9.17, 15) is 0 Å². The van der Waals surface area contributed by atoms with Gasteiger partial charge in [-0.2, -0.15) is 5.10 Å². The van der Waals surface area contributed by atoms with Crippen molar-refractivity contribution in [2.45, 2.75) is 6.92 Å². The summed E-state index contributed by atoms with van der Waals surface area (Å²) >= 11 is 0. The smallest absolute Gasteiger partial charge is 0.155 e. The van der Waals surface area contributed by atoms with Gasteiger partial charge < -0.3 is 0 Å². The molecule has 16 heavy (non-hydrogen) atoms. The van der Waals surface area contributed by atoms with Crippen LogP contribution >= 0.6 is 0 Å². The highest BCUT2D eigenvalue weighted by atomic mass is 15.2. The third-order valence-electron chi connectivity index (χ3n) is 2.71. The Balaban J connectivity index is 2.34. The van der Waals surface area contributed by atoms with Gasteiger partial charge in [0.2, 0.25) is 0 Å². The van der Waals surface area contributed by atoms with Crippen molar-refractivity contribution < 1.29 is 0 Å². The van der Waals surface area contributed by atoms with Gasteiger partial charge in [-0.25, -0.2) is 9.50 Å². The second-order valence-electron chi connectivity index (χ2n) is 3.75. The van der Waals surface area contributed by atoms with E-state index >= 15 is 0 Å². The summed E-state index contributed by atoms with van der Waals surface area (Å²) in [6.07, 6.45) is 3.59. The molecule has 0 aliphatic carbocycles. The highest BCUT2D eigenvalue weighted by Crippen LogP contribution is 2.22. The van der Waals surface area contributed by atoms with Crippen molar-refractivity contribution in [1.29, 1.82) is 0 Å². The summed E-state index contributed by atoms with van der Waals surface area (Å²) in [5.41, 5.74) is 4.39. The quantitative estimate of drug-likeness (QED) is 0.616. The standard InChI is InChI=1S/C13H11N3/c1-10-4-2-3-5-11(10)12-6-8-14-13-7-9-15-16(12)13/h2-9H,1H3. The zero-order valence-electron chi connectivity index (χ0n) is 8.96. The van der Waals surface area contributed by atoms with Gasteiger partial charge in [0, 0.05) is 17.8 Å². The van der Waals surface area contributed by atoms with Crippen molar-refractivity contribution in [3.8, 4) is 11.3 Å². The SMILES string of the molecule is Cc1ccccc1-c1ccnc2ccnn12. The van der Waals surface area contributed by atoms with Crippen LogP contribution in [0.25, 0.3) is 16.9 Å². The average Bonchev–Trinajstić information content (AvgIpc) is 2.77. The number of hydrogen-bond donors (Lipinski definition) is 0. The van der Waals surface area contributed by atoms with Gasteiger partial charge in [-0.3, -0.25) is 0 Å². The molecule has 0 amide bonds. The number of fused-ring (bicyclic) bond motifs is 1. The predicted octanol–water partition coefficient (Wildman–Crippen LogP) is 2.70. The third kappa shape index (κ3) is 1.29. The van der Waals surface area contributed by atoms with Crippen molar-refractivity contribution in [2.75, 3.05) is 0 Å². The van der Waals surface area contributed by atoms with E-state index in [0.29, 0.717) is 0 Å². The molecule has 2 aromatic heterocycles. The van der Waals surface area contributed by atoms with Crippen molar-refractivity contribution >= 4 is 5.65 Å². The lowest BCUT2D eigenvalue weighted by Crippen LogP contribution is -1.96. The maximum absolute atomic E-state index is 4.29. The summed E-state index contributed by atoms with van der Waals surface area (Å²) < 4.78 is 1.86. The summed E-state index contributed by atoms with van der Waals surface area (Å²) in [4.78, 5) is 4.26. The van der Waals surface area contributed by atoms with Crippen molar-refractivity contribution in [1.82, 2.24) is 14.6 Å². The van der Waals surface area contributed by atoms with Gasteiger partial charge in [-0.05, 0) is 18.6 Å². The Morgan fingerprint density at radius 3 is 2.75 bits per heavy atom. The fourth-order valence-electron chi connectivity index (χ4n) is 1.90. The van der Waals surface area contributed by atoms with E-state index in [1.807, 2.05) is 35.0 Å². The summed E-state index contributed by atoms with van der Waals surface area (Å²) in [6.45, 7) is 2.10. The van der Waals surface area contributed by atoms with E-state index in [1.54, 1.807) is 6.20 Å². The zero-order valence-corrected chi connectivity index (χ0v) is 8.96. The summed E-state index contributed by atoms with van der Waals surface area (Å²) in [7, 11) is 0. The molecule has 0 atom stereocenters. The van der Waals surface area contributed by atoms with Crippen LogP contribution < -0.4 is 0 Å². The maximum atomic E-state index is 4.29. The Morgan fingerprint density at radius 1 is 1.00 bits per heavy atom. The molecule has 1 aromatic carbocycles. The van der Waals surface area contributed by atoms with Crippen LogP contribution in [0.3, 0.4) is 0 Å². The molecular weight excluding hydrogens is 198 g/mol. The summed E-state index contributed by atoms with van der Waals surface area (Å²) in [6, 6.07) is 12.2. The highest BCUT2D eigenvalue weighted by molar-refractivity contribution is 5.65. The molecule has 0 aliphatic heterocycles. The Morgan fingerprint density at radius 2 is 1.88 bits per heavy atom. The van der Waals surface area contributed by atoms with E-state index in [0.717, 1.165) is 11.3 Å². The Kier molecular flexibility index (Phi) is 1.96. The second-order valence-corrected chi connectivity index (χ2v) is 3.75. The lowest BCUT2D eigenvalue weighted by Gasteiger charge is -2.07. The van der Waals surface area contributed by atoms with E-state index in [4.69, 9.17) is 0 Å². The number of nitrogens with zero attached hydrogens (tertiary/aromatic N) is 3. The van der Waals surface area contributed by atoms with Crippen LogP contribution in [0.15, 0.2) is 48.8 Å². The van der Waals surface area contributed by atoms with Crippen LogP contribution in [-0.2, 0) is 0 Å². The van der Waals surface area contributed by atoms with Crippen molar-refractivity contribution in [3.05, 3.63) is 54.4 Å². The predicted molar refractivity (Wildman–Crippen MR) is 63.2 cm³/mol. The molecule has 78 valence electrons. The Bertz CT molecular complexity index is 640. The van der Waals surface area contributed by atoms with Crippen LogP contribution in [0.4, 0.5) is 0 Å². The fourth-order valence-corrected chi connectivity index (χ4v) is 1.90. The van der Waals surface area contributed by atoms with Crippen LogP contribution in [0.1, 0.15) is 5.56 Å². The summed E-state index contributed by atoms with van der Waals surface area (Å²) in [5, 5.41) is 4.29. The molecule has 0 spiro atoms. The fraction of sp³-hybridized carbons (Fsp3) is 0.0769. The largest absolute Gasteiger partial charge is 0.237 e. The molecule has 3 heteroatoms. The van der Waals surface area contributed by atoms with E-state index in [2.05, 4.69) is 29.1 Å². The number of hydrogen-bond acceptors (Lipinski definition) is 2. The second kappa shape index (κ2) is 3.45. The lowest BCUT2D eigenvalue weighted by atomic mass is 10.1. The third-order valence-corrected chi connectivity index (χ3v) is 2.71. The molecule has 0 unspecified atom stereocenters. The Hall–Kier alpha value is -2.16. The number of rotatable bonds is 1. The first-order chi connectivity index (χ1) is 7.86.